The van der Waals surface area contributed by atoms with Gasteiger partial charge in [-0.3, -0.25) is 10.00 Å². The second kappa shape index (κ2) is 4.16. The molecule has 3 rings (SSSR count). The van der Waals surface area contributed by atoms with Crippen LogP contribution in [0.2, 0.25) is 0 Å². The monoisotopic (exact) mass is 236 g/mol. The number of rotatable bonds is 2. The van der Waals surface area contributed by atoms with Crippen LogP contribution in [0.5, 0.6) is 0 Å². The third-order valence-corrected chi connectivity index (χ3v) is 4.10. The van der Waals surface area contributed by atoms with Gasteiger partial charge in [-0.1, -0.05) is 0 Å². The molecule has 1 saturated heterocycles. The number of thiophene rings is 1. The normalized spacial score (nSPS) is 18.3. The minimum Gasteiger partial charge on any atom is -0.314 e. The number of aromatic nitrogens is 2. The number of H-pyrrole nitrogens is 1. The van der Waals surface area contributed by atoms with E-state index in [9.17, 15) is 0 Å². The lowest BCUT2D eigenvalue weighted by atomic mass is 10.3. The molecule has 0 bridgehead atoms. The Morgan fingerprint density at radius 1 is 1.44 bits per heavy atom. The smallest absolute Gasteiger partial charge is 0.145 e. The van der Waals surface area contributed by atoms with Crippen LogP contribution in [0.3, 0.4) is 0 Å². The van der Waals surface area contributed by atoms with Crippen LogP contribution >= 0.6 is 11.3 Å². The number of nitrogens with one attached hydrogen (secondary N) is 2. The van der Waals surface area contributed by atoms with Gasteiger partial charge in [0.1, 0.15) is 4.83 Å². The van der Waals surface area contributed by atoms with Gasteiger partial charge >= 0.3 is 0 Å². The summed E-state index contributed by atoms with van der Waals surface area (Å²) in [5, 5.41) is 12.0. The van der Waals surface area contributed by atoms with E-state index in [0.717, 1.165) is 37.6 Å². The van der Waals surface area contributed by atoms with E-state index in [2.05, 4.69) is 33.4 Å². The van der Waals surface area contributed by atoms with E-state index in [1.807, 2.05) is 11.3 Å². The molecule has 86 valence electrons. The Hall–Kier alpha value is -0.910. The predicted molar refractivity (Wildman–Crippen MR) is 66.9 cm³/mol. The third-order valence-electron chi connectivity index (χ3n) is 3.08. The molecular weight excluding hydrogens is 220 g/mol. The standard InChI is InChI=1S/C11H16N4S/c1-8-10-6-9(16-11(10)14-13-8)7-15-4-2-12-3-5-15/h6,12H,2-5,7H2,1H3,(H,13,14). The van der Waals surface area contributed by atoms with Gasteiger partial charge in [-0.2, -0.15) is 5.10 Å². The summed E-state index contributed by atoms with van der Waals surface area (Å²) >= 11 is 1.81. The van der Waals surface area contributed by atoms with Crippen LogP contribution in [0.25, 0.3) is 10.2 Å². The highest BCUT2D eigenvalue weighted by Crippen LogP contribution is 2.26. The Labute approximate surface area is 98.6 Å². The van der Waals surface area contributed by atoms with E-state index in [1.165, 1.54) is 16.0 Å². The van der Waals surface area contributed by atoms with E-state index in [-0.39, 0.29) is 0 Å². The van der Waals surface area contributed by atoms with Gasteiger partial charge in [0.05, 0.1) is 0 Å². The highest BCUT2D eigenvalue weighted by molar-refractivity contribution is 7.18. The fourth-order valence-electron chi connectivity index (χ4n) is 2.15. The first-order valence-corrected chi connectivity index (χ1v) is 6.51. The molecule has 0 unspecified atom stereocenters. The summed E-state index contributed by atoms with van der Waals surface area (Å²) in [4.78, 5) is 5.07. The van der Waals surface area contributed by atoms with E-state index in [4.69, 9.17) is 0 Å². The number of nitrogens with zero attached hydrogens (tertiary/aromatic N) is 2. The van der Waals surface area contributed by atoms with Crippen molar-refractivity contribution < 1.29 is 0 Å². The largest absolute Gasteiger partial charge is 0.314 e. The van der Waals surface area contributed by atoms with Crippen LogP contribution in [-0.4, -0.2) is 41.3 Å². The average Bonchev–Trinajstić information content (AvgIpc) is 2.83. The maximum atomic E-state index is 4.29. The number of fused-ring (bicyclic) bond motifs is 1. The summed E-state index contributed by atoms with van der Waals surface area (Å²) in [5.74, 6) is 0. The fourth-order valence-corrected chi connectivity index (χ4v) is 3.23. The number of piperazine rings is 1. The predicted octanol–water partition coefficient (Wildman–Crippen LogP) is 1.34. The van der Waals surface area contributed by atoms with Gasteiger partial charge in [0.15, 0.2) is 0 Å². The van der Waals surface area contributed by atoms with Crippen LogP contribution < -0.4 is 5.32 Å². The van der Waals surface area contributed by atoms with Crippen molar-refractivity contribution in [1.29, 1.82) is 0 Å². The molecule has 4 nitrogen and oxygen atoms in total. The molecule has 0 saturated carbocycles. The van der Waals surface area contributed by atoms with Gasteiger partial charge in [0.2, 0.25) is 0 Å². The zero-order valence-corrected chi connectivity index (χ0v) is 10.2. The number of aromatic amines is 1. The molecular formula is C11H16N4S. The Morgan fingerprint density at radius 2 is 2.25 bits per heavy atom. The minimum absolute atomic E-state index is 1.07. The van der Waals surface area contributed by atoms with Crippen LogP contribution in [0.1, 0.15) is 10.6 Å². The maximum Gasteiger partial charge on any atom is 0.145 e. The van der Waals surface area contributed by atoms with Gasteiger partial charge < -0.3 is 5.32 Å². The fraction of sp³-hybridized carbons (Fsp3) is 0.545. The SMILES string of the molecule is Cc1[nH]nc2sc(CN3CCNCC3)cc12. The number of hydrogen-bond acceptors (Lipinski definition) is 4. The summed E-state index contributed by atoms with van der Waals surface area (Å²) in [6.45, 7) is 7.68. The first kappa shape index (κ1) is 10.3. The molecule has 0 aromatic carbocycles. The molecule has 3 heterocycles. The maximum absolute atomic E-state index is 4.29. The third kappa shape index (κ3) is 1.86. The highest BCUT2D eigenvalue weighted by Gasteiger charge is 2.13. The first-order valence-electron chi connectivity index (χ1n) is 5.69. The van der Waals surface area contributed by atoms with Crippen LogP contribution in [-0.2, 0) is 6.54 Å². The van der Waals surface area contributed by atoms with Crippen LogP contribution in [0.4, 0.5) is 0 Å². The molecule has 0 atom stereocenters. The topological polar surface area (TPSA) is 44.0 Å². The molecule has 16 heavy (non-hydrogen) atoms. The lowest BCUT2D eigenvalue weighted by Gasteiger charge is -2.26. The molecule has 2 aromatic rings. The van der Waals surface area contributed by atoms with Gasteiger partial charge in [0.25, 0.3) is 0 Å². The van der Waals surface area contributed by atoms with Crippen molar-refractivity contribution in [1.82, 2.24) is 20.4 Å². The van der Waals surface area contributed by atoms with E-state index in [0.29, 0.717) is 0 Å². The van der Waals surface area contributed by atoms with E-state index in [1.54, 1.807) is 0 Å². The number of hydrogen-bond donors (Lipinski definition) is 2. The van der Waals surface area contributed by atoms with Gasteiger partial charge in [-0.05, 0) is 13.0 Å². The van der Waals surface area contributed by atoms with Crippen molar-refractivity contribution in [2.24, 2.45) is 0 Å². The summed E-state index contributed by atoms with van der Waals surface area (Å²) in [7, 11) is 0. The van der Waals surface area contributed by atoms with Gasteiger partial charge in [-0.25, -0.2) is 0 Å². The van der Waals surface area contributed by atoms with E-state index >= 15 is 0 Å². The molecule has 2 aromatic heterocycles. The van der Waals surface area contributed by atoms with Gasteiger partial charge in [-0.15, -0.1) is 11.3 Å². The van der Waals surface area contributed by atoms with Crippen molar-refractivity contribution in [2.75, 3.05) is 26.2 Å². The van der Waals surface area contributed by atoms with E-state index < -0.39 is 0 Å². The Kier molecular flexibility index (Phi) is 2.67. The summed E-state index contributed by atoms with van der Waals surface area (Å²) in [5.41, 5.74) is 1.18. The molecule has 2 N–H and O–H groups in total. The first-order chi connectivity index (χ1) is 7.83. The lowest BCUT2D eigenvalue weighted by Crippen LogP contribution is -2.42. The number of aryl methyl sites for hydroxylation is 1. The molecule has 5 heteroatoms. The molecule has 0 spiro atoms. The zero-order chi connectivity index (χ0) is 11.0. The van der Waals surface area contributed by atoms with Gasteiger partial charge in [0, 0.05) is 48.7 Å². The Balaban J connectivity index is 1.78. The van der Waals surface area contributed by atoms with Crippen molar-refractivity contribution in [3.05, 3.63) is 16.6 Å². The molecule has 0 amide bonds. The van der Waals surface area contributed by atoms with Crippen molar-refractivity contribution in [3.8, 4) is 0 Å². The Morgan fingerprint density at radius 3 is 3.00 bits per heavy atom. The lowest BCUT2D eigenvalue weighted by molar-refractivity contribution is 0.235. The molecule has 0 aliphatic carbocycles. The second-order valence-electron chi connectivity index (χ2n) is 4.31. The Bertz CT molecular complexity index is 481. The van der Waals surface area contributed by atoms with Crippen molar-refractivity contribution >= 4 is 21.6 Å². The summed E-state index contributed by atoms with van der Waals surface area (Å²) < 4.78 is 0. The molecule has 1 aliphatic rings. The van der Waals surface area contributed by atoms with Crippen LogP contribution in [0.15, 0.2) is 6.07 Å². The zero-order valence-electron chi connectivity index (χ0n) is 9.42. The molecule has 1 aliphatic heterocycles. The second-order valence-corrected chi connectivity index (χ2v) is 5.42. The van der Waals surface area contributed by atoms with Crippen LogP contribution in [0, 0.1) is 6.92 Å². The summed E-state index contributed by atoms with van der Waals surface area (Å²) in [6.07, 6.45) is 0. The quantitative estimate of drug-likeness (QED) is 0.827. The highest BCUT2D eigenvalue weighted by atomic mass is 32.1. The molecule has 1 fully saturated rings. The molecule has 0 radical (unpaired) electrons. The van der Waals surface area contributed by atoms with Crippen molar-refractivity contribution in [2.45, 2.75) is 13.5 Å². The summed E-state index contributed by atoms with van der Waals surface area (Å²) in [6, 6.07) is 2.28. The van der Waals surface area contributed by atoms with Crippen molar-refractivity contribution in [3.63, 3.8) is 0 Å². The average molecular weight is 236 g/mol. The minimum atomic E-state index is 1.07.